The largest absolute Gasteiger partial charge is 0.457 e. The third-order valence-corrected chi connectivity index (χ3v) is 3.44. The van der Waals surface area contributed by atoms with E-state index in [0.29, 0.717) is 11.5 Å². The Kier molecular flexibility index (Phi) is 7.03. The average Bonchev–Trinajstić information content (AvgIpc) is 2.59. The normalized spacial score (nSPS) is 11.2. The summed E-state index contributed by atoms with van der Waals surface area (Å²) in [7, 11) is 0. The van der Waals surface area contributed by atoms with E-state index in [2.05, 4.69) is 10.1 Å². The van der Waals surface area contributed by atoms with Gasteiger partial charge in [0.05, 0.1) is 6.61 Å². The number of carbonyl (C=O) groups is 1. The summed E-state index contributed by atoms with van der Waals surface area (Å²) in [6.45, 7) is 0.548. The van der Waals surface area contributed by atoms with Crippen molar-refractivity contribution in [2.24, 2.45) is 0 Å². The van der Waals surface area contributed by atoms with Crippen molar-refractivity contribution < 1.29 is 27.4 Å². The van der Waals surface area contributed by atoms with Gasteiger partial charge in [-0.1, -0.05) is 35.9 Å². The summed E-state index contributed by atoms with van der Waals surface area (Å²) in [6.07, 6.45) is -4.53. The molecule has 7 heteroatoms. The topological polar surface area (TPSA) is 47.6 Å². The maximum atomic E-state index is 12.0. The molecule has 1 amide bonds. The lowest BCUT2D eigenvalue weighted by molar-refractivity contribution is -0.174. The Morgan fingerprint density at radius 2 is 1.77 bits per heavy atom. The lowest BCUT2D eigenvalue weighted by Crippen LogP contribution is -2.25. The number of nitrogens with one attached hydrogen (secondary N) is 1. The fourth-order valence-corrected chi connectivity index (χ4v) is 2.12. The summed E-state index contributed by atoms with van der Waals surface area (Å²) in [4.78, 5) is 11.7. The fourth-order valence-electron chi connectivity index (χ4n) is 2.12. The van der Waals surface area contributed by atoms with Crippen molar-refractivity contribution in [1.82, 2.24) is 5.32 Å². The number of alkyl halides is 3. The molecule has 1 N–H and O–H groups in total. The van der Waals surface area contributed by atoms with Crippen molar-refractivity contribution >= 4 is 5.91 Å². The predicted molar refractivity (Wildman–Crippen MR) is 91.0 cm³/mol. The van der Waals surface area contributed by atoms with Gasteiger partial charge in [0, 0.05) is 18.5 Å². The Morgan fingerprint density at radius 3 is 2.46 bits per heavy atom. The smallest absolute Gasteiger partial charge is 0.411 e. The van der Waals surface area contributed by atoms with Crippen LogP contribution in [0.2, 0.25) is 0 Å². The zero-order valence-corrected chi connectivity index (χ0v) is 14.3. The zero-order valence-electron chi connectivity index (χ0n) is 14.3. The molecular formula is C19H20F3NO3. The van der Waals surface area contributed by atoms with E-state index >= 15 is 0 Å². The number of rotatable bonds is 8. The summed E-state index contributed by atoms with van der Waals surface area (Å²) >= 11 is 0. The molecule has 0 aliphatic carbocycles. The van der Waals surface area contributed by atoms with Crippen molar-refractivity contribution in [3.63, 3.8) is 0 Å². The van der Waals surface area contributed by atoms with Gasteiger partial charge in [-0.2, -0.15) is 13.2 Å². The first kappa shape index (κ1) is 19.8. The first-order chi connectivity index (χ1) is 12.3. The standard InChI is InChI=1S/C19H20F3NO3/c1-14-6-8-16(9-7-14)26-17-5-3-2-4-15(17)12-23-18(24)10-11-25-13-19(20,21)22/h2-9H,10-13H2,1H3,(H,23,24). The molecule has 0 aliphatic rings. The summed E-state index contributed by atoms with van der Waals surface area (Å²) in [5, 5.41) is 2.65. The molecule has 0 aliphatic heterocycles. The highest BCUT2D eigenvalue weighted by atomic mass is 19.4. The summed E-state index contributed by atoms with van der Waals surface area (Å²) < 4.78 is 46.1. The lowest BCUT2D eigenvalue weighted by Gasteiger charge is -2.12. The molecule has 0 saturated carbocycles. The lowest BCUT2D eigenvalue weighted by atomic mass is 10.2. The van der Waals surface area contributed by atoms with E-state index < -0.39 is 18.7 Å². The Balaban J connectivity index is 1.84. The van der Waals surface area contributed by atoms with Gasteiger partial charge in [-0.15, -0.1) is 0 Å². The molecule has 0 heterocycles. The van der Waals surface area contributed by atoms with Gasteiger partial charge in [0.2, 0.25) is 5.91 Å². The second-order valence-electron chi connectivity index (χ2n) is 5.72. The van der Waals surface area contributed by atoms with Gasteiger partial charge in [-0.05, 0) is 25.1 Å². The van der Waals surface area contributed by atoms with Crippen molar-refractivity contribution in [3.05, 3.63) is 59.7 Å². The molecule has 0 spiro atoms. The molecule has 0 unspecified atom stereocenters. The quantitative estimate of drug-likeness (QED) is 0.705. The molecule has 0 aromatic heterocycles. The van der Waals surface area contributed by atoms with Crippen LogP contribution in [0.15, 0.2) is 48.5 Å². The maximum absolute atomic E-state index is 12.0. The summed E-state index contributed by atoms with van der Waals surface area (Å²) in [5.74, 6) is 0.886. The van der Waals surface area contributed by atoms with Gasteiger partial charge in [-0.3, -0.25) is 4.79 Å². The number of amides is 1. The Hall–Kier alpha value is -2.54. The molecule has 140 valence electrons. The van der Waals surface area contributed by atoms with Crippen LogP contribution in [-0.4, -0.2) is 25.3 Å². The van der Waals surface area contributed by atoms with E-state index in [1.807, 2.05) is 49.4 Å². The van der Waals surface area contributed by atoms with E-state index in [1.165, 1.54) is 0 Å². The van der Waals surface area contributed by atoms with E-state index in [0.717, 1.165) is 11.1 Å². The van der Waals surface area contributed by atoms with Crippen molar-refractivity contribution in [3.8, 4) is 11.5 Å². The molecular weight excluding hydrogens is 347 g/mol. The SMILES string of the molecule is Cc1ccc(Oc2ccccc2CNC(=O)CCOCC(F)(F)F)cc1. The highest BCUT2D eigenvalue weighted by Gasteiger charge is 2.27. The number of halogens is 3. The second-order valence-corrected chi connectivity index (χ2v) is 5.72. The van der Waals surface area contributed by atoms with E-state index in [9.17, 15) is 18.0 Å². The molecule has 26 heavy (non-hydrogen) atoms. The average molecular weight is 367 g/mol. The molecule has 2 rings (SSSR count). The number of para-hydroxylation sites is 1. The molecule has 0 atom stereocenters. The van der Waals surface area contributed by atoms with E-state index in [-0.39, 0.29) is 19.6 Å². The molecule has 2 aromatic carbocycles. The molecule has 0 fully saturated rings. The first-order valence-electron chi connectivity index (χ1n) is 8.07. The predicted octanol–water partition coefficient (Wildman–Crippen LogP) is 4.37. The minimum Gasteiger partial charge on any atom is -0.457 e. The number of hydrogen-bond donors (Lipinski definition) is 1. The van der Waals surface area contributed by atoms with Crippen LogP contribution >= 0.6 is 0 Å². The fraction of sp³-hybridized carbons (Fsp3) is 0.316. The van der Waals surface area contributed by atoms with Crippen molar-refractivity contribution in [1.29, 1.82) is 0 Å². The van der Waals surface area contributed by atoms with Gasteiger partial charge in [-0.25, -0.2) is 0 Å². The van der Waals surface area contributed by atoms with Crippen molar-refractivity contribution in [2.45, 2.75) is 26.1 Å². The van der Waals surface area contributed by atoms with Crippen LogP contribution in [0.5, 0.6) is 11.5 Å². The zero-order chi connectivity index (χ0) is 19.0. The van der Waals surface area contributed by atoms with Crippen molar-refractivity contribution in [2.75, 3.05) is 13.2 Å². The van der Waals surface area contributed by atoms with Gasteiger partial charge < -0.3 is 14.8 Å². The van der Waals surface area contributed by atoms with Crippen LogP contribution in [0.3, 0.4) is 0 Å². The Morgan fingerprint density at radius 1 is 1.08 bits per heavy atom. The van der Waals surface area contributed by atoms with Gasteiger partial charge in [0.15, 0.2) is 0 Å². The maximum Gasteiger partial charge on any atom is 0.411 e. The highest BCUT2D eigenvalue weighted by molar-refractivity contribution is 5.76. The minimum atomic E-state index is -4.39. The first-order valence-corrected chi connectivity index (χ1v) is 8.07. The summed E-state index contributed by atoms with van der Waals surface area (Å²) in [6, 6.07) is 14.8. The number of benzene rings is 2. The molecule has 0 saturated heterocycles. The molecule has 2 aromatic rings. The molecule has 0 radical (unpaired) electrons. The number of carbonyl (C=O) groups excluding carboxylic acids is 1. The molecule has 4 nitrogen and oxygen atoms in total. The summed E-state index contributed by atoms with van der Waals surface area (Å²) in [5.41, 5.74) is 1.88. The molecule has 0 bridgehead atoms. The highest BCUT2D eigenvalue weighted by Crippen LogP contribution is 2.25. The van der Waals surface area contributed by atoms with E-state index in [4.69, 9.17) is 4.74 Å². The van der Waals surface area contributed by atoms with Crippen LogP contribution in [-0.2, 0) is 16.1 Å². The van der Waals surface area contributed by atoms with Gasteiger partial charge >= 0.3 is 6.18 Å². The van der Waals surface area contributed by atoms with Crippen LogP contribution in [0, 0.1) is 6.92 Å². The minimum absolute atomic E-state index is 0.142. The Labute approximate surface area is 149 Å². The Bertz CT molecular complexity index is 715. The van der Waals surface area contributed by atoms with E-state index in [1.54, 1.807) is 6.07 Å². The number of hydrogen-bond acceptors (Lipinski definition) is 3. The number of aryl methyl sites for hydroxylation is 1. The van der Waals surface area contributed by atoms with Crippen LogP contribution < -0.4 is 10.1 Å². The third kappa shape index (κ3) is 7.14. The van der Waals surface area contributed by atoms with Crippen LogP contribution in [0.25, 0.3) is 0 Å². The van der Waals surface area contributed by atoms with Gasteiger partial charge in [0.1, 0.15) is 18.1 Å². The second kappa shape index (κ2) is 9.24. The third-order valence-electron chi connectivity index (χ3n) is 3.44. The number of ether oxygens (including phenoxy) is 2. The van der Waals surface area contributed by atoms with Gasteiger partial charge in [0.25, 0.3) is 0 Å². The van der Waals surface area contributed by atoms with Crippen LogP contribution in [0.1, 0.15) is 17.5 Å². The monoisotopic (exact) mass is 367 g/mol. The van der Waals surface area contributed by atoms with Crippen LogP contribution in [0.4, 0.5) is 13.2 Å².